The number of hydrogen-bond donors (Lipinski definition) is 0. The van der Waals surface area contributed by atoms with Crippen molar-refractivity contribution in [2.75, 3.05) is 13.7 Å². The Labute approximate surface area is 163 Å². The average molecular weight is 417 g/mol. The molecule has 130 valence electrons. The number of fused-ring (bicyclic) bond motifs is 1. The van der Waals surface area contributed by atoms with E-state index in [0.29, 0.717) is 31.8 Å². The molecule has 1 amide bonds. The summed E-state index contributed by atoms with van der Waals surface area (Å²) in [5.74, 6) is 0.0692. The number of benzene rings is 1. The largest absolute Gasteiger partial charge is 0.467 e. The van der Waals surface area contributed by atoms with Crippen molar-refractivity contribution in [3.05, 3.63) is 49.9 Å². The smallest absolute Gasteiger partial charge is 0.260 e. The summed E-state index contributed by atoms with van der Waals surface area (Å²) in [6, 6.07) is 6.93. The number of carbonyl (C=O) groups excluding carboxylic acids is 1. The highest BCUT2D eigenvalue weighted by atomic mass is 35.5. The van der Waals surface area contributed by atoms with E-state index in [4.69, 9.17) is 39.5 Å². The molecule has 3 rings (SSSR count). The van der Waals surface area contributed by atoms with Crippen LogP contribution < -0.4 is 4.74 Å². The van der Waals surface area contributed by atoms with Crippen molar-refractivity contribution in [1.82, 2.24) is 14.9 Å². The van der Waals surface area contributed by atoms with Crippen molar-refractivity contribution in [2.24, 2.45) is 0 Å². The minimum Gasteiger partial charge on any atom is -0.467 e. The highest BCUT2D eigenvalue weighted by Crippen LogP contribution is 2.30. The first-order valence-corrected chi connectivity index (χ1v) is 9.10. The number of aromatic nitrogens is 2. The summed E-state index contributed by atoms with van der Waals surface area (Å²) < 4.78 is 6.26. The summed E-state index contributed by atoms with van der Waals surface area (Å²) in [7, 11) is 1.70. The molecule has 0 aliphatic carbocycles. The second kappa shape index (κ2) is 7.74. The predicted molar refractivity (Wildman–Crippen MR) is 101 cm³/mol. The van der Waals surface area contributed by atoms with E-state index in [-0.39, 0.29) is 18.4 Å². The van der Waals surface area contributed by atoms with Gasteiger partial charge in [0.15, 0.2) is 6.61 Å². The second-order valence-corrected chi connectivity index (χ2v) is 7.85. The molecule has 9 heteroatoms. The lowest BCUT2D eigenvalue weighted by Crippen LogP contribution is -2.30. The van der Waals surface area contributed by atoms with Crippen LogP contribution in [0.4, 0.5) is 0 Å². The molecule has 3 aromatic rings. The molecule has 1 aromatic carbocycles. The van der Waals surface area contributed by atoms with E-state index >= 15 is 0 Å². The lowest BCUT2D eigenvalue weighted by atomic mass is 10.2. The highest BCUT2D eigenvalue weighted by Gasteiger charge is 2.14. The monoisotopic (exact) mass is 415 g/mol. The van der Waals surface area contributed by atoms with Gasteiger partial charge in [-0.25, -0.2) is 9.97 Å². The van der Waals surface area contributed by atoms with Gasteiger partial charge in [0.25, 0.3) is 5.91 Å². The van der Waals surface area contributed by atoms with Gasteiger partial charge in [0.05, 0.1) is 26.8 Å². The van der Waals surface area contributed by atoms with Crippen LogP contribution >= 0.6 is 46.1 Å². The Morgan fingerprint density at radius 2 is 2.04 bits per heavy atom. The Bertz CT molecular complexity index is 932. The molecule has 0 aliphatic heterocycles. The van der Waals surface area contributed by atoms with E-state index < -0.39 is 0 Å². The molecule has 0 saturated carbocycles. The van der Waals surface area contributed by atoms with Gasteiger partial charge in [0.2, 0.25) is 5.88 Å². The maximum atomic E-state index is 12.3. The number of halogens is 3. The number of thiophene rings is 1. The van der Waals surface area contributed by atoms with Gasteiger partial charge in [-0.15, -0.1) is 11.3 Å². The van der Waals surface area contributed by atoms with E-state index in [1.165, 1.54) is 17.7 Å². The summed E-state index contributed by atoms with van der Waals surface area (Å²) in [4.78, 5) is 23.0. The van der Waals surface area contributed by atoms with Gasteiger partial charge in [0, 0.05) is 16.9 Å². The average Bonchev–Trinajstić information content (AvgIpc) is 2.97. The Hall–Kier alpha value is -1.60. The van der Waals surface area contributed by atoms with Crippen molar-refractivity contribution in [3.8, 4) is 5.88 Å². The fourth-order valence-electron chi connectivity index (χ4n) is 2.18. The molecule has 5 nitrogen and oxygen atoms in total. The zero-order valence-electron chi connectivity index (χ0n) is 13.0. The maximum absolute atomic E-state index is 12.3. The lowest BCUT2D eigenvalue weighted by Gasteiger charge is -2.16. The standard InChI is InChI=1S/C16H12Cl3N3O2S/c1-22(6-10-2-3-13(19)25-10)14(23)7-24-16-11-4-9(17)5-12(18)15(11)20-8-21-16/h2-5,8H,6-7H2,1H3. The van der Waals surface area contributed by atoms with E-state index in [9.17, 15) is 4.79 Å². The van der Waals surface area contributed by atoms with Crippen LogP contribution in [0.15, 0.2) is 30.6 Å². The van der Waals surface area contributed by atoms with Gasteiger partial charge in [-0.1, -0.05) is 34.8 Å². The Morgan fingerprint density at radius 1 is 1.24 bits per heavy atom. The topological polar surface area (TPSA) is 55.3 Å². The quantitative estimate of drug-likeness (QED) is 0.605. The number of rotatable bonds is 5. The van der Waals surface area contributed by atoms with Crippen LogP contribution in [-0.4, -0.2) is 34.4 Å². The summed E-state index contributed by atoms with van der Waals surface area (Å²) in [6.45, 7) is 0.299. The summed E-state index contributed by atoms with van der Waals surface area (Å²) in [5, 5.41) is 1.39. The zero-order valence-corrected chi connectivity index (χ0v) is 16.1. The third-order valence-corrected chi connectivity index (χ3v) is 5.12. The van der Waals surface area contributed by atoms with Crippen LogP contribution in [0, 0.1) is 0 Å². The van der Waals surface area contributed by atoms with Gasteiger partial charge in [-0.05, 0) is 24.3 Å². The van der Waals surface area contributed by atoms with Crippen LogP contribution in [0.1, 0.15) is 4.88 Å². The molecule has 0 bridgehead atoms. The predicted octanol–water partition coefficient (Wildman–Crippen LogP) is 4.69. The van der Waals surface area contributed by atoms with E-state index in [0.717, 1.165) is 4.88 Å². The number of ether oxygens (including phenoxy) is 1. The van der Waals surface area contributed by atoms with Crippen LogP contribution in [-0.2, 0) is 11.3 Å². The fourth-order valence-corrected chi connectivity index (χ4v) is 3.87. The van der Waals surface area contributed by atoms with Crippen molar-refractivity contribution < 1.29 is 9.53 Å². The van der Waals surface area contributed by atoms with Crippen molar-refractivity contribution in [2.45, 2.75) is 6.54 Å². The van der Waals surface area contributed by atoms with Gasteiger partial charge < -0.3 is 9.64 Å². The van der Waals surface area contributed by atoms with Crippen molar-refractivity contribution >= 4 is 62.9 Å². The third-order valence-electron chi connectivity index (χ3n) is 3.40. The number of carbonyl (C=O) groups is 1. The van der Waals surface area contributed by atoms with Crippen molar-refractivity contribution in [1.29, 1.82) is 0 Å². The summed E-state index contributed by atoms with van der Waals surface area (Å²) in [5.41, 5.74) is 0.519. The van der Waals surface area contributed by atoms with E-state index in [1.807, 2.05) is 6.07 Å². The molecule has 2 heterocycles. The van der Waals surface area contributed by atoms with Crippen LogP contribution in [0.25, 0.3) is 10.9 Å². The maximum Gasteiger partial charge on any atom is 0.260 e. The molecule has 0 N–H and O–H groups in total. The third kappa shape index (κ3) is 4.33. The lowest BCUT2D eigenvalue weighted by molar-refractivity contribution is -0.132. The highest BCUT2D eigenvalue weighted by molar-refractivity contribution is 7.16. The molecule has 0 atom stereocenters. The first-order chi connectivity index (χ1) is 11.9. The Kier molecular flexibility index (Phi) is 5.64. The Morgan fingerprint density at radius 3 is 2.76 bits per heavy atom. The van der Waals surface area contributed by atoms with E-state index in [1.54, 1.807) is 30.1 Å². The fraction of sp³-hybridized carbons (Fsp3) is 0.188. The van der Waals surface area contributed by atoms with Crippen LogP contribution in [0.2, 0.25) is 14.4 Å². The number of amides is 1. The molecule has 0 spiro atoms. The molecular formula is C16H12Cl3N3O2S. The van der Waals surface area contributed by atoms with Gasteiger partial charge >= 0.3 is 0 Å². The Balaban J connectivity index is 1.70. The second-order valence-electron chi connectivity index (χ2n) is 5.21. The molecule has 2 aromatic heterocycles. The summed E-state index contributed by atoms with van der Waals surface area (Å²) >= 11 is 19.5. The molecular weight excluding hydrogens is 405 g/mol. The van der Waals surface area contributed by atoms with Gasteiger partial charge in [-0.2, -0.15) is 0 Å². The molecule has 0 saturated heterocycles. The number of nitrogens with zero attached hydrogens (tertiary/aromatic N) is 3. The minimum absolute atomic E-state index is 0.161. The van der Waals surface area contributed by atoms with E-state index in [2.05, 4.69) is 9.97 Å². The van der Waals surface area contributed by atoms with Gasteiger partial charge in [0.1, 0.15) is 6.33 Å². The van der Waals surface area contributed by atoms with Crippen LogP contribution in [0.5, 0.6) is 5.88 Å². The molecule has 0 unspecified atom stereocenters. The molecule has 0 aliphatic rings. The molecule has 25 heavy (non-hydrogen) atoms. The SMILES string of the molecule is CN(Cc1ccc(Cl)s1)C(=O)COc1ncnc2c(Cl)cc(Cl)cc12. The minimum atomic E-state index is -0.190. The first-order valence-electron chi connectivity index (χ1n) is 7.15. The number of hydrogen-bond acceptors (Lipinski definition) is 5. The van der Waals surface area contributed by atoms with Crippen molar-refractivity contribution in [3.63, 3.8) is 0 Å². The molecule has 0 fully saturated rings. The molecule has 0 radical (unpaired) electrons. The van der Waals surface area contributed by atoms with Gasteiger partial charge in [-0.3, -0.25) is 4.79 Å². The van der Waals surface area contributed by atoms with Crippen LogP contribution in [0.3, 0.4) is 0 Å². The summed E-state index contributed by atoms with van der Waals surface area (Å²) in [6.07, 6.45) is 1.33. The number of likely N-dealkylation sites (N-methyl/N-ethyl adjacent to an activating group) is 1. The normalized spacial score (nSPS) is 10.9. The first kappa shape index (κ1) is 18.2. The zero-order chi connectivity index (χ0) is 18.0.